The summed E-state index contributed by atoms with van der Waals surface area (Å²) in [6.07, 6.45) is 3.42. The molecule has 0 amide bonds. The van der Waals surface area contributed by atoms with Gasteiger partial charge in [-0.3, -0.25) is 0 Å². The fraction of sp³-hybridized carbons (Fsp3) is 0.167. The molecule has 0 bridgehead atoms. The van der Waals surface area contributed by atoms with E-state index in [-0.39, 0.29) is 10.7 Å². The lowest BCUT2D eigenvalue weighted by Crippen LogP contribution is -2.24. The van der Waals surface area contributed by atoms with Crippen LogP contribution in [0.15, 0.2) is 37.4 Å². The number of carboxylic acid groups (broad SMARTS) is 1. The Morgan fingerprint density at radius 2 is 2.00 bits per heavy atom. The van der Waals surface area contributed by atoms with Crippen LogP contribution in [0.1, 0.15) is 10.5 Å². The Morgan fingerprint density at radius 1 is 1.41 bits per heavy atom. The average Bonchev–Trinajstić information content (AvgIpc) is 2.29. The SMILES string of the molecule is C=CCN(CC=C)c1ccc(Cl)c(C(=O)O)n1. The molecule has 0 aliphatic rings. The summed E-state index contributed by atoms with van der Waals surface area (Å²) in [6, 6.07) is 3.19. The first-order chi connectivity index (χ1) is 8.10. The fourth-order valence-corrected chi connectivity index (χ4v) is 1.52. The number of hydrogen-bond donors (Lipinski definition) is 1. The van der Waals surface area contributed by atoms with Crippen LogP contribution in [-0.4, -0.2) is 29.1 Å². The summed E-state index contributed by atoms with van der Waals surface area (Å²) in [5.74, 6) is -0.611. The van der Waals surface area contributed by atoms with Crippen molar-refractivity contribution >= 4 is 23.4 Å². The first-order valence-electron chi connectivity index (χ1n) is 4.96. The smallest absolute Gasteiger partial charge is 0.356 e. The van der Waals surface area contributed by atoms with E-state index in [1.165, 1.54) is 6.07 Å². The highest BCUT2D eigenvalue weighted by Crippen LogP contribution is 2.19. The molecular formula is C12H13ClN2O2. The van der Waals surface area contributed by atoms with E-state index in [4.69, 9.17) is 16.7 Å². The largest absolute Gasteiger partial charge is 0.476 e. The van der Waals surface area contributed by atoms with Crippen molar-refractivity contribution in [3.05, 3.63) is 48.2 Å². The van der Waals surface area contributed by atoms with Gasteiger partial charge in [0.15, 0.2) is 5.69 Å². The number of hydrogen-bond acceptors (Lipinski definition) is 3. The van der Waals surface area contributed by atoms with Gasteiger partial charge in [0.25, 0.3) is 0 Å². The van der Waals surface area contributed by atoms with Crippen molar-refractivity contribution in [3.63, 3.8) is 0 Å². The molecule has 0 atom stereocenters. The maximum Gasteiger partial charge on any atom is 0.356 e. The first kappa shape index (κ1) is 13.3. The van der Waals surface area contributed by atoms with Gasteiger partial charge in [0.2, 0.25) is 0 Å². The molecule has 0 fully saturated rings. The summed E-state index contributed by atoms with van der Waals surface area (Å²) in [6.45, 7) is 8.38. The van der Waals surface area contributed by atoms with E-state index < -0.39 is 5.97 Å². The van der Waals surface area contributed by atoms with E-state index in [9.17, 15) is 4.79 Å². The van der Waals surface area contributed by atoms with Crippen LogP contribution in [0.3, 0.4) is 0 Å². The molecule has 0 aromatic carbocycles. The zero-order valence-corrected chi connectivity index (χ0v) is 10.0. The van der Waals surface area contributed by atoms with Crippen molar-refractivity contribution in [2.75, 3.05) is 18.0 Å². The number of carbonyl (C=O) groups is 1. The van der Waals surface area contributed by atoms with Crippen molar-refractivity contribution in [1.29, 1.82) is 0 Å². The molecular weight excluding hydrogens is 240 g/mol. The summed E-state index contributed by atoms with van der Waals surface area (Å²) in [7, 11) is 0. The van der Waals surface area contributed by atoms with E-state index in [1.54, 1.807) is 18.2 Å². The lowest BCUT2D eigenvalue weighted by molar-refractivity contribution is 0.0691. The first-order valence-corrected chi connectivity index (χ1v) is 5.34. The molecule has 0 spiro atoms. The topological polar surface area (TPSA) is 53.4 Å². The van der Waals surface area contributed by atoms with Crippen LogP contribution in [0.2, 0.25) is 5.02 Å². The minimum atomic E-state index is -1.14. The normalized spacial score (nSPS) is 9.71. The summed E-state index contributed by atoms with van der Waals surface area (Å²) < 4.78 is 0. The Hall–Kier alpha value is -1.81. The summed E-state index contributed by atoms with van der Waals surface area (Å²) >= 11 is 5.75. The van der Waals surface area contributed by atoms with Crippen molar-refractivity contribution in [2.45, 2.75) is 0 Å². The Balaban J connectivity index is 3.11. The van der Waals surface area contributed by atoms with Crippen LogP contribution in [0, 0.1) is 0 Å². The summed E-state index contributed by atoms with van der Waals surface area (Å²) in [5.41, 5.74) is -0.151. The van der Waals surface area contributed by atoms with E-state index in [1.807, 2.05) is 4.90 Å². The van der Waals surface area contributed by atoms with Crippen molar-refractivity contribution in [2.24, 2.45) is 0 Å². The molecule has 0 radical (unpaired) electrons. The Bertz CT molecular complexity index is 436. The van der Waals surface area contributed by atoms with Gasteiger partial charge in [-0.15, -0.1) is 13.2 Å². The third-order valence-electron chi connectivity index (χ3n) is 2.06. The van der Waals surface area contributed by atoms with Crippen molar-refractivity contribution < 1.29 is 9.90 Å². The second-order valence-electron chi connectivity index (χ2n) is 3.29. The number of pyridine rings is 1. The van der Waals surface area contributed by atoms with Gasteiger partial charge in [-0.05, 0) is 12.1 Å². The second kappa shape index (κ2) is 6.06. The Labute approximate surface area is 105 Å². The van der Waals surface area contributed by atoms with Gasteiger partial charge < -0.3 is 10.0 Å². The van der Waals surface area contributed by atoms with E-state index in [2.05, 4.69) is 18.1 Å². The van der Waals surface area contributed by atoms with Gasteiger partial charge in [-0.25, -0.2) is 9.78 Å². The maximum absolute atomic E-state index is 10.9. The standard InChI is InChI=1S/C12H13ClN2O2/c1-3-7-15(8-4-2)10-6-5-9(13)11(14-10)12(16)17/h3-6H,1-2,7-8H2,(H,16,17). The minimum Gasteiger partial charge on any atom is -0.476 e. The molecule has 17 heavy (non-hydrogen) atoms. The molecule has 1 rings (SSSR count). The van der Waals surface area contributed by atoms with E-state index in [0.717, 1.165) is 0 Å². The van der Waals surface area contributed by atoms with Crippen LogP contribution in [0.4, 0.5) is 5.82 Å². The quantitative estimate of drug-likeness (QED) is 0.791. The Morgan fingerprint density at radius 3 is 2.47 bits per heavy atom. The van der Waals surface area contributed by atoms with Crippen LogP contribution in [-0.2, 0) is 0 Å². The third-order valence-corrected chi connectivity index (χ3v) is 2.36. The van der Waals surface area contributed by atoms with Gasteiger partial charge >= 0.3 is 5.97 Å². The van der Waals surface area contributed by atoms with Crippen molar-refractivity contribution in [3.8, 4) is 0 Å². The molecule has 0 saturated heterocycles. The molecule has 1 heterocycles. The van der Waals surface area contributed by atoms with Gasteiger partial charge in [0.1, 0.15) is 5.82 Å². The molecule has 1 aromatic rings. The lowest BCUT2D eigenvalue weighted by Gasteiger charge is -2.20. The summed E-state index contributed by atoms with van der Waals surface area (Å²) in [5, 5.41) is 9.05. The van der Waals surface area contributed by atoms with E-state index >= 15 is 0 Å². The summed E-state index contributed by atoms with van der Waals surface area (Å²) in [4.78, 5) is 16.8. The third kappa shape index (κ3) is 3.32. The molecule has 0 aliphatic heterocycles. The minimum absolute atomic E-state index is 0.124. The number of halogens is 1. The number of aromatic carboxylic acids is 1. The van der Waals surface area contributed by atoms with Crippen LogP contribution in [0.5, 0.6) is 0 Å². The fourth-order valence-electron chi connectivity index (χ4n) is 1.33. The number of aromatic nitrogens is 1. The predicted molar refractivity (Wildman–Crippen MR) is 68.8 cm³/mol. The predicted octanol–water partition coefficient (Wildman–Crippen LogP) is 2.61. The number of nitrogens with zero attached hydrogens (tertiary/aromatic N) is 2. The van der Waals surface area contributed by atoms with Gasteiger partial charge in [-0.1, -0.05) is 23.8 Å². The molecule has 5 heteroatoms. The molecule has 0 unspecified atom stereocenters. The highest BCUT2D eigenvalue weighted by molar-refractivity contribution is 6.33. The Kier molecular flexibility index (Phi) is 4.72. The zero-order valence-electron chi connectivity index (χ0n) is 9.27. The highest BCUT2D eigenvalue weighted by Gasteiger charge is 2.13. The molecule has 1 N–H and O–H groups in total. The van der Waals surface area contributed by atoms with Crippen LogP contribution < -0.4 is 4.90 Å². The molecule has 4 nitrogen and oxygen atoms in total. The highest BCUT2D eigenvalue weighted by atomic mass is 35.5. The van der Waals surface area contributed by atoms with Gasteiger partial charge in [0, 0.05) is 13.1 Å². The number of rotatable bonds is 6. The molecule has 0 aliphatic carbocycles. The monoisotopic (exact) mass is 252 g/mol. The van der Waals surface area contributed by atoms with Crippen LogP contribution >= 0.6 is 11.6 Å². The maximum atomic E-state index is 10.9. The molecule has 1 aromatic heterocycles. The van der Waals surface area contributed by atoms with Gasteiger partial charge in [-0.2, -0.15) is 0 Å². The second-order valence-corrected chi connectivity index (χ2v) is 3.69. The lowest BCUT2D eigenvalue weighted by atomic mass is 10.3. The van der Waals surface area contributed by atoms with Crippen LogP contribution in [0.25, 0.3) is 0 Å². The van der Waals surface area contributed by atoms with Crippen molar-refractivity contribution in [1.82, 2.24) is 4.98 Å². The number of anilines is 1. The molecule has 0 saturated carbocycles. The molecule has 90 valence electrons. The number of carboxylic acids is 1. The van der Waals surface area contributed by atoms with E-state index in [0.29, 0.717) is 18.9 Å². The van der Waals surface area contributed by atoms with Gasteiger partial charge in [0.05, 0.1) is 5.02 Å². The zero-order chi connectivity index (χ0) is 12.8. The average molecular weight is 253 g/mol.